The van der Waals surface area contributed by atoms with E-state index in [1.807, 2.05) is 0 Å². The molecule has 0 aromatic rings. The molecule has 15 heavy (non-hydrogen) atoms. The molecule has 0 aliphatic carbocycles. The molecule has 86 valence electrons. The van der Waals surface area contributed by atoms with E-state index in [0.717, 1.165) is 12.8 Å². The maximum absolute atomic E-state index is 12.0. The summed E-state index contributed by atoms with van der Waals surface area (Å²) in [7, 11) is -3.27. The van der Waals surface area contributed by atoms with E-state index in [4.69, 9.17) is 0 Å². The fourth-order valence-corrected chi connectivity index (χ4v) is 3.74. The van der Waals surface area contributed by atoms with E-state index in [9.17, 15) is 13.2 Å². The molecule has 0 unspecified atom stereocenters. The zero-order valence-corrected chi connectivity index (χ0v) is 9.50. The molecule has 0 atom stereocenters. The average Bonchev–Trinajstić information content (AvgIpc) is 2.71. The van der Waals surface area contributed by atoms with Crippen molar-refractivity contribution >= 4 is 16.0 Å². The molecule has 0 saturated carbocycles. The number of hydrogen-bond acceptors (Lipinski definition) is 3. The molecule has 0 amide bonds. The highest BCUT2D eigenvalue weighted by molar-refractivity contribution is 7.86. The molecule has 2 heterocycles. The van der Waals surface area contributed by atoms with Crippen LogP contribution in [-0.4, -0.2) is 49.0 Å². The fourth-order valence-electron chi connectivity index (χ4n) is 2.05. The second kappa shape index (κ2) is 4.19. The van der Waals surface area contributed by atoms with Crippen LogP contribution < -0.4 is 0 Å². The predicted octanol–water partition coefficient (Wildman–Crippen LogP) is -0.00810. The van der Waals surface area contributed by atoms with Crippen LogP contribution in [0, 0.1) is 0 Å². The lowest BCUT2D eigenvalue weighted by Gasteiger charge is -2.29. The quantitative estimate of drug-likeness (QED) is 0.673. The van der Waals surface area contributed by atoms with Gasteiger partial charge in [0.25, 0.3) is 10.2 Å². The van der Waals surface area contributed by atoms with Gasteiger partial charge in [0.15, 0.2) is 0 Å². The van der Waals surface area contributed by atoms with E-state index in [-0.39, 0.29) is 5.78 Å². The standard InChI is InChI=1S/C9H16N2O3S/c12-9-3-7-11(8-4-9)15(13,14)10-5-1-2-6-10/h1-8H2. The number of ketones is 1. The highest BCUT2D eigenvalue weighted by Crippen LogP contribution is 2.19. The molecule has 6 heteroatoms. The van der Waals surface area contributed by atoms with Crippen molar-refractivity contribution in [3.05, 3.63) is 0 Å². The Morgan fingerprint density at radius 2 is 1.33 bits per heavy atom. The molecule has 2 aliphatic rings. The van der Waals surface area contributed by atoms with E-state index in [1.165, 1.54) is 8.61 Å². The second-order valence-electron chi connectivity index (χ2n) is 4.05. The Morgan fingerprint density at radius 3 is 1.87 bits per heavy atom. The number of rotatable bonds is 2. The van der Waals surface area contributed by atoms with Gasteiger partial charge >= 0.3 is 0 Å². The molecule has 0 aromatic heterocycles. The molecule has 0 aromatic carbocycles. The van der Waals surface area contributed by atoms with Crippen molar-refractivity contribution in [3.8, 4) is 0 Å². The van der Waals surface area contributed by atoms with Gasteiger partial charge in [-0.05, 0) is 12.8 Å². The maximum atomic E-state index is 12.0. The molecular weight excluding hydrogens is 216 g/mol. The third-order valence-corrected chi connectivity index (χ3v) is 5.03. The Balaban J connectivity index is 2.05. The normalized spacial score (nSPS) is 26.0. The number of Topliss-reactive ketones (excluding diaryl/α,β-unsaturated/α-hetero) is 1. The minimum absolute atomic E-state index is 0.169. The zero-order chi connectivity index (χ0) is 10.9. The van der Waals surface area contributed by atoms with Crippen molar-refractivity contribution < 1.29 is 13.2 Å². The van der Waals surface area contributed by atoms with Gasteiger partial charge in [-0.15, -0.1) is 0 Å². The molecule has 0 bridgehead atoms. The Morgan fingerprint density at radius 1 is 0.867 bits per heavy atom. The van der Waals surface area contributed by atoms with Crippen molar-refractivity contribution in [3.63, 3.8) is 0 Å². The monoisotopic (exact) mass is 232 g/mol. The van der Waals surface area contributed by atoms with Crippen LogP contribution in [0.5, 0.6) is 0 Å². The Kier molecular flexibility index (Phi) is 3.08. The van der Waals surface area contributed by atoms with Gasteiger partial charge in [0.05, 0.1) is 0 Å². The summed E-state index contributed by atoms with van der Waals surface area (Å²) in [4.78, 5) is 11.0. The first-order valence-electron chi connectivity index (χ1n) is 5.37. The number of carbonyl (C=O) groups excluding carboxylic acids is 1. The van der Waals surface area contributed by atoms with Crippen LogP contribution in [0.4, 0.5) is 0 Å². The summed E-state index contributed by atoms with van der Waals surface area (Å²) in [6.07, 6.45) is 2.64. The summed E-state index contributed by atoms with van der Waals surface area (Å²) in [6, 6.07) is 0. The lowest BCUT2D eigenvalue weighted by Crippen LogP contribution is -2.46. The molecule has 5 nitrogen and oxygen atoms in total. The highest BCUT2D eigenvalue weighted by Gasteiger charge is 2.33. The van der Waals surface area contributed by atoms with E-state index in [0.29, 0.717) is 39.0 Å². The Labute approximate surface area is 90.2 Å². The van der Waals surface area contributed by atoms with Crippen LogP contribution in [0.15, 0.2) is 0 Å². The van der Waals surface area contributed by atoms with E-state index < -0.39 is 10.2 Å². The van der Waals surface area contributed by atoms with Crippen molar-refractivity contribution in [1.82, 2.24) is 8.61 Å². The summed E-state index contributed by atoms with van der Waals surface area (Å²) in [5.41, 5.74) is 0. The van der Waals surface area contributed by atoms with E-state index in [1.54, 1.807) is 0 Å². The molecule has 2 aliphatic heterocycles. The van der Waals surface area contributed by atoms with Crippen LogP contribution in [0.1, 0.15) is 25.7 Å². The highest BCUT2D eigenvalue weighted by atomic mass is 32.2. The SMILES string of the molecule is O=C1CCN(S(=O)(=O)N2CCCC2)CC1. The summed E-state index contributed by atoms with van der Waals surface area (Å²) in [5, 5.41) is 0. The number of nitrogens with zero attached hydrogens (tertiary/aromatic N) is 2. The molecule has 0 N–H and O–H groups in total. The Bertz CT molecular complexity index is 336. The van der Waals surface area contributed by atoms with Crippen LogP contribution in [-0.2, 0) is 15.0 Å². The first-order chi connectivity index (χ1) is 7.10. The topological polar surface area (TPSA) is 57.7 Å². The van der Waals surface area contributed by atoms with Gasteiger partial charge in [-0.2, -0.15) is 17.0 Å². The van der Waals surface area contributed by atoms with Crippen LogP contribution in [0.3, 0.4) is 0 Å². The summed E-state index contributed by atoms with van der Waals surface area (Å²) < 4.78 is 27.0. The van der Waals surface area contributed by atoms with Gasteiger partial charge in [0.2, 0.25) is 0 Å². The van der Waals surface area contributed by atoms with Gasteiger partial charge < -0.3 is 0 Å². The molecule has 0 radical (unpaired) electrons. The van der Waals surface area contributed by atoms with Gasteiger partial charge in [-0.25, -0.2) is 0 Å². The van der Waals surface area contributed by atoms with E-state index in [2.05, 4.69) is 0 Å². The molecule has 0 spiro atoms. The summed E-state index contributed by atoms with van der Waals surface area (Å²) >= 11 is 0. The summed E-state index contributed by atoms with van der Waals surface area (Å²) in [6.45, 7) is 1.98. The van der Waals surface area contributed by atoms with Gasteiger partial charge in [-0.3, -0.25) is 4.79 Å². The lowest BCUT2D eigenvalue weighted by molar-refractivity contribution is -0.120. The average molecular weight is 232 g/mol. The smallest absolute Gasteiger partial charge is 0.281 e. The predicted molar refractivity (Wildman–Crippen MR) is 55.5 cm³/mol. The maximum Gasteiger partial charge on any atom is 0.281 e. The van der Waals surface area contributed by atoms with Gasteiger partial charge in [-0.1, -0.05) is 0 Å². The lowest BCUT2D eigenvalue weighted by atomic mass is 10.1. The number of hydrogen-bond donors (Lipinski definition) is 0. The van der Waals surface area contributed by atoms with Crippen molar-refractivity contribution in [2.45, 2.75) is 25.7 Å². The Hall–Kier alpha value is -0.460. The molecule has 2 fully saturated rings. The molecule has 2 rings (SSSR count). The molecule has 2 saturated heterocycles. The first-order valence-corrected chi connectivity index (χ1v) is 6.77. The van der Waals surface area contributed by atoms with Crippen LogP contribution >= 0.6 is 0 Å². The van der Waals surface area contributed by atoms with Crippen LogP contribution in [0.2, 0.25) is 0 Å². The van der Waals surface area contributed by atoms with Gasteiger partial charge in [0.1, 0.15) is 5.78 Å². The third-order valence-electron chi connectivity index (χ3n) is 3.00. The van der Waals surface area contributed by atoms with Crippen molar-refractivity contribution in [2.24, 2.45) is 0 Å². The minimum atomic E-state index is -3.27. The third kappa shape index (κ3) is 2.21. The fraction of sp³-hybridized carbons (Fsp3) is 0.889. The van der Waals surface area contributed by atoms with Crippen molar-refractivity contribution in [1.29, 1.82) is 0 Å². The summed E-state index contributed by atoms with van der Waals surface area (Å²) in [5.74, 6) is 0.169. The first kappa shape index (κ1) is 11.0. The second-order valence-corrected chi connectivity index (χ2v) is 5.98. The largest absolute Gasteiger partial charge is 0.300 e. The van der Waals surface area contributed by atoms with Crippen molar-refractivity contribution in [2.75, 3.05) is 26.2 Å². The molecular formula is C9H16N2O3S. The zero-order valence-electron chi connectivity index (χ0n) is 8.68. The minimum Gasteiger partial charge on any atom is -0.300 e. The van der Waals surface area contributed by atoms with E-state index >= 15 is 0 Å². The van der Waals surface area contributed by atoms with Gasteiger partial charge in [0, 0.05) is 39.0 Å². The number of carbonyl (C=O) groups is 1. The number of piperidine rings is 1. The van der Waals surface area contributed by atoms with Crippen LogP contribution in [0.25, 0.3) is 0 Å².